The molecule has 8 heteroatoms. The number of aliphatic hydroxyl groups is 1. The van der Waals surface area contributed by atoms with E-state index in [2.05, 4.69) is 16.5 Å². The first kappa shape index (κ1) is 29.4. The number of fused-ring (bicyclic) bond motifs is 3. The molecule has 0 aliphatic carbocycles. The van der Waals surface area contributed by atoms with Crippen molar-refractivity contribution >= 4 is 39.8 Å². The minimum Gasteiger partial charge on any atom is -0.396 e. The summed E-state index contributed by atoms with van der Waals surface area (Å²) in [6.45, 7) is 4.91. The number of carbonyl (C=O) groups is 1. The molecule has 2 aromatic heterocycles. The summed E-state index contributed by atoms with van der Waals surface area (Å²) in [5.41, 5.74) is 2.59. The minimum atomic E-state index is -4.48. The van der Waals surface area contributed by atoms with Gasteiger partial charge in [0.05, 0.1) is 5.56 Å². The smallest absolute Gasteiger partial charge is 0.396 e. The van der Waals surface area contributed by atoms with Crippen LogP contribution in [-0.4, -0.2) is 27.0 Å². The molecule has 0 spiro atoms. The fourth-order valence-electron chi connectivity index (χ4n) is 5.41. The van der Waals surface area contributed by atoms with E-state index in [-0.39, 0.29) is 16.6 Å². The minimum absolute atomic E-state index is 0.0802. The standard InChI is InChI=1S/C29H39F3N2O2S/c1-3-24-20(2)27-25(16-15-23-28(27)22(29(30,31)32)19-26(37)33-23)34(24)17-11-8-6-4-5-7-9-13-21(36)14-10-12-18-35/h15-16,19,35H,3-14,17-18H2,1-2H3,(H,33,37). The molecule has 0 radical (unpaired) electrons. The number of halogens is 3. The zero-order chi connectivity index (χ0) is 27.0. The molecule has 0 aliphatic heterocycles. The third kappa shape index (κ3) is 7.44. The Bertz CT molecular complexity index is 1260. The van der Waals surface area contributed by atoms with E-state index in [1.807, 2.05) is 13.0 Å². The molecule has 204 valence electrons. The van der Waals surface area contributed by atoms with E-state index in [1.54, 1.807) is 6.07 Å². The molecule has 1 aromatic carbocycles. The van der Waals surface area contributed by atoms with E-state index >= 15 is 0 Å². The predicted molar refractivity (Wildman–Crippen MR) is 147 cm³/mol. The first-order chi connectivity index (χ1) is 17.7. The van der Waals surface area contributed by atoms with Crippen molar-refractivity contribution in [2.75, 3.05) is 6.61 Å². The molecule has 2 N–H and O–H groups in total. The number of H-pyrrole nitrogens is 1. The summed E-state index contributed by atoms with van der Waals surface area (Å²) < 4.78 is 44.1. The maximum Gasteiger partial charge on any atom is 0.417 e. The van der Waals surface area contributed by atoms with Crippen LogP contribution in [0.1, 0.15) is 94.4 Å². The van der Waals surface area contributed by atoms with Gasteiger partial charge >= 0.3 is 6.18 Å². The summed E-state index contributed by atoms with van der Waals surface area (Å²) in [6, 6.07) is 4.67. The molecule has 0 bridgehead atoms. The number of hydrogen-bond donors (Lipinski definition) is 2. The molecule has 0 aliphatic rings. The number of unbranched alkanes of at least 4 members (excludes halogenated alkanes) is 7. The van der Waals surface area contributed by atoms with Gasteiger partial charge in [-0.1, -0.05) is 51.2 Å². The normalized spacial score (nSPS) is 12.2. The van der Waals surface area contributed by atoms with Crippen molar-refractivity contribution in [2.24, 2.45) is 0 Å². The van der Waals surface area contributed by atoms with Gasteiger partial charge in [0.1, 0.15) is 10.4 Å². The Morgan fingerprint density at radius 3 is 2.22 bits per heavy atom. The number of rotatable bonds is 15. The van der Waals surface area contributed by atoms with Crippen LogP contribution in [0.15, 0.2) is 18.2 Å². The number of pyridine rings is 1. The van der Waals surface area contributed by atoms with Crippen molar-refractivity contribution in [2.45, 2.75) is 104 Å². The highest BCUT2D eigenvalue weighted by Gasteiger charge is 2.34. The van der Waals surface area contributed by atoms with Gasteiger partial charge in [0.2, 0.25) is 0 Å². The van der Waals surface area contributed by atoms with Crippen LogP contribution in [0.4, 0.5) is 13.2 Å². The maximum atomic E-state index is 14.0. The zero-order valence-electron chi connectivity index (χ0n) is 22.0. The summed E-state index contributed by atoms with van der Waals surface area (Å²) in [6.07, 6.45) is 6.36. The fraction of sp³-hybridized carbons (Fsp3) is 0.586. The highest BCUT2D eigenvalue weighted by atomic mass is 32.1. The molecule has 0 saturated heterocycles. The number of carbonyl (C=O) groups excluding carboxylic acids is 1. The number of aliphatic hydroxyl groups excluding tert-OH is 1. The quantitative estimate of drug-likeness (QED) is 0.151. The van der Waals surface area contributed by atoms with Crippen LogP contribution in [0.5, 0.6) is 0 Å². The van der Waals surface area contributed by atoms with Crippen LogP contribution in [-0.2, 0) is 23.9 Å². The van der Waals surface area contributed by atoms with E-state index < -0.39 is 11.7 Å². The summed E-state index contributed by atoms with van der Waals surface area (Å²) in [5, 5.41) is 9.65. The van der Waals surface area contributed by atoms with E-state index in [9.17, 15) is 18.0 Å². The Morgan fingerprint density at radius 2 is 1.59 bits per heavy atom. The summed E-state index contributed by atoms with van der Waals surface area (Å²) in [4.78, 5) is 14.7. The molecule has 3 rings (SSSR count). The number of ketones is 1. The fourth-order valence-corrected chi connectivity index (χ4v) is 5.64. The van der Waals surface area contributed by atoms with Gasteiger partial charge in [0.15, 0.2) is 0 Å². The Balaban J connectivity index is 1.60. The molecule has 3 aromatic rings. The molecule has 4 nitrogen and oxygen atoms in total. The second-order valence-corrected chi connectivity index (χ2v) is 10.4. The Hall–Kier alpha value is -2.19. The van der Waals surface area contributed by atoms with Crippen LogP contribution >= 0.6 is 12.2 Å². The first-order valence-electron chi connectivity index (χ1n) is 13.6. The monoisotopic (exact) mass is 536 g/mol. The summed E-state index contributed by atoms with van der Waals surface area (Å²) in [5.74, 6) is 0.298. The molecule has 0 fully saturated rings. The van der Waals surface area contributed by atoms with Crippen LogP contribution in [0.3, 0.4) is 0 Å². The zero-order valence-corrected chi connectivity index (χ0v) is 22.8. The van der Waals surface area contributed by atoms with E-state index in [4.69, 9.17) is 17.3 Å². The molecule has 37 heavy (non-hydrogen) atoms. The Morgan fingerprint density at radius 1 is 0.973 bits per heavy atom. The average molecular weight is 537 g/mol. The average Bonchev–Trinajstić information content (AvgIpc) is 3.12. The Labute approximate surface area is 222 Å². The number of aryl methyl sites for hydroxylation is 2. The number of Topliss-reactive ketones (excluding diaryl/α,β-unsaturated/α-hetero) is 1. The number of alkyl halides is 3. The number of benzene rings is 1. The van der Waals surface area contributed by atoms with Crippen molar-refractivity contribution in [3.63, 3.8) is 0 Å². The second kappa shape index (κ2) is 13.6. The molecular weight excluding hydrogens is 497 g/mol. The van der Waals surface area contributed by atoms with Gasteiger partial charge in [-0.3, -0.25) is 4.79 Å². The summed E-state index contributed by atoms with van der Waals surface area (Å²) in [7, 11) is 0. The molecule has 0 saturated carbocycles. The van der Waals surface area contributed by atoms with Gasteiger partial charge in [0, 0.05) is 53.5 Å². The predicted octanol–water partition coefficient (Wildman–Crippen LogP) is 8.59. The number of hydrogen-bond acceptors (Lipinski definition) is 3. The van der Waals surface area contributed by atoms with Crippen molar-refractivity contribution in [3.8, 4) is 0 Å². The first-order valence-corrected chi connectivity index (χ1v) is 14.0. The largest absolute Gasteiger partial charge is 0.417 e. The number of aromatic amines is 1. The lowest BCUT2D eigenvalue weighted by molar-refractivity contribution is -0.136. The molecule has 2 heterocycles. The van der Waals surface area contributed by atoms with Crippen molar-refractivity contribution in [1.82, 2.24) is 9.55 Å². The third-order valence-electron chi connectivity index (χ3n) is 7.25. The van der Waals surface area contributed by atoms with Crippen molar-refractivity contribution in [1.29, 1.82) is 0 Å². The van der Waals surface area contributed by atoms with Gasteiger partial charge in [-0.05, 0) is 62.8 Å². The second-order valence-electron chi connectivity index (χ2n) is 9.95. The van der Waals surface area contributed by atoms with Crippen LogP contribution in [0.25, 0.3) is 21.8 Å². The van der Waals surface area contributed by atoms with Crippen LogP contribution in [0, 0.1) is 11.6 Å². The number of aromatic nitrogens is 2. The van der Waals surface area contributed by atoms with E-state index in [1.165, 1.54) is 0 Å². The van der Waals surface area contributed by atoms with Crippen LogP contribution in [0.2, 0.25) is 0 Å². The lowest BCUT2D eigenvalue weighted by atomic mass is 10.0. The Kier molecular flexibility index (Phi) is 10.8. The van der Waals surface area contributed by atoms with E-state index in [0.717, 1.165) is 87.2 Å². The highest BCUT2D eigenvalue weighted by Crippen LogP contribution is 2.40. The van der Waals surface area contributed by atoms with Crippen LogP contribution < -0.4 is 0 Å². The van der Waals surface area contributed by atoms with Gasteiger partial charge in [-0.2, -0.15) is 13.2 Å². The lowest BCUT2D eigenvalue weighted by Crippen LogP contribution is -2.07. The number of nitrogens with one attached hydrogen (secondary N) is 1. The van der Waals surface area contributed by atoms with Gasteiger partial charge in [-0.15, -0.1) is 0 Å². The summed E-state index contributed by atoms with van der Waals surface area (Å²) >= 11 is 5.07. The van der Waals surface area contributed by atoms with E-state index in [0.29, 0.717) is 35.9 Å². The van der Waals surface area contributed by atoms with Crippen molar-refractivity contribution < 1.29 is 23.1 Å². The third-order valence-corrected chi connectivity index (χ3v) is 7.47. The molecular formula is C29H39F3N2O2S. The van der Waals surface area contributed by atoms with Crippen molar-refractivity contribution in [3.05, 3.63) is 39.7 Å². The van der Waals surface area contributed by atoms with Gasteiger partial charge < -0.3 is 14.7 Å². The number of nitrogens with zero attached hydrogens (tertiary/aromatic N) is 1. The lowest BCUT2D eigenvalue weighted by Gasteiger charge is -2.13. The van der Waals surface area contributed by atoms with Gasteiger partial charge in [0.25, 0.3) is 0 Å². The highest BCUT2D eigenvalue weighted by molar-refractivity contribution is 7.71. The topological polar surface area (TPSA) is 58.0 Å². The molecule has 0 unspecified atom stereocenters. The molecule has 0 amide bonds. The SMILES string of the molecule is CCc1c(C)c2c3c(C(F)(F)F)cc(=S)[nH]c3ccc2n1CCCCCCCCCC(=O)CCCCO. The maximum absolute atomic E-state index is 14.0. The molecule has 0 atom stereocenters. The van der Waals surface area contributed by atoms with Gasteiger partial charge in [-0.25, -0.2) is 0 Å².